The second-order valence-corrected chi connectivity index (χ2v) is 4.91. The Balaban J connectivity index is 1.78. The third-order valence-corrected chi connectivity index (χ3v) is 3.63. The molecule has 1 aromatic heterocycles. The fourth-order valence-electron chi connectivity index (χ4n) is 2.74. The van der Waals surface area contributed by atoms with E-state index in [1.54, 1.807) is 0 Å². The van der Waals surface area contributed by atoms with Gasteiger partial charge >= 0.3 is 0 Å². The molecule has 1 fully saturated rings. The van der Waals surface area contributed by atoms with E-state index in [9.17, 15) is 0 Å². The Kier molecular flexibility index (Phi) is 2.65. The quantitative estimate of drug-likeness (QED) is 0.746. The average molecular weight is 214 g/mol. The van der Waals surface area contributed by atoms with E-state index in [-0.39, 0.29) is 0 Å². The predicted molar refractivity (Wildman–Crippen MR) is 66.3 cm³/mol. The Morgan fingerprint density at radius 2 is 1.94 bits per heavy atom. The highest BCUT2D eigenvalue weighted by Gasteiger charge is 2.14. The van der Waals surface area contributed by atoms with E-state index >= 15 is 0 Å². The maximum Gasteiger partial charge on any atom is 0.0923 e. The van der Waals surface area contributed by atoms with Crippen LogP contribution in [0.1, 0.15) is 32.1 Å². The van der Waals surface area contributed by atoms with Gasteiger partial charge < -0.3 is 0 Å². The van der Waals surface area contributed by atoms with Crippen molar-refractivity contribution in [1.82, 2.24) is 9.78 Å². The van der Waals surface area contributed by atoms with Crippen molar-refractivity contribution in [3.63, 3.8) is 0 Å². The Morgan fingerprint density at radius 1 is 1.12 bits per heavy atom. The highest BCUT2D eigenvalue weighted by atomic mass is 15.3. The van der Waals surface area contributed by atoms with Gasteiger partial charge in [-0.25, -0.2) is 0 Å². The highest BCUT2D eigenvalue weighted by molar-refractivity contribution is 5.77. The molecule has 0 amide bonds. The first-order valence-corrected chi connectivity index (χ1v) is 6.34. The van der Waals surface area contributed by atoms with Crippen molar-refractivity contribution in [1.29, 1.82) is 0 Å². The van der Waals surface area contributed by atoms with Gasteiger partial charge in [-0.1, -0.05) is 37.5 Å². The SMILES string of the molecule is c1ccc2nn(CC3CCCCC3)cc2c1. The number of hydrogen-bond donors (Lipinski definition) is 0. The first-order valence-electron chi connectivity index (χ1n) is 6.34. The van der Waals surface area contributed by atoms with E-state index in [1.807, 2.05) is 0 Å². The van der Waals surface area contributed by atoms with E-state index in [2.05, 4.69) is 40.2 Å². The van der Waals surface area contributed by atoms with Crippen LogP contribution in [0.2, 0.25) is 0 Å². The summed E-state index contributed by atoms with van der Waals surface area (Å²) in [6, 6.07) is 8.36. The summed E-state index contributed by atoms with van der Waals surface area (Å²) in [6.07, 6.45) is 9.20. The smallest absolute Gasteiger partial charge is 0.0923 e. The second kappa shape index (κ2) is 4.28. The van der Waals surface area contributed by atoms with Crippen molar-refractivity contribution >= 4 is 10.9 Å². The zero-order valence-electron chi connectivity index (χ0n) is 9.60. The van der Waals surface area contributed by atoms with Gasteiger partial charge in [0, 0.05) is 18.1 Å². The number of aromatic nitrogens is 2. The topological polar surface area (TPSA) is 17.8 Å². The van der Waals surface area contributed by atoms with Crippen molar-refractivity contribution in [3.8, 4) is 0 Å². The molecule has 1 aromatic carbocycles. The molecule has 1 aliphatic rings. The standard InChI is InChI=1S/C14H18N2/c1-2-6-12(7-3-1)10-16-11-13-8-4-5-9-14(13)15-16/h4-5,8-9,11-12H,1-3,6-7,10H2. The van der Waals surface area contributed by atoms with E-state index in [0.29, 0.717) is 0 Å². The van der Waals surface area contributed by atoms with E-state index in [1.165, 1.54) is 37.5 Å². The van der Waals surface area contributed by atoms with E-state index < -0.39 is 0 Å². The zero-order chi connectivity index (χ0) is 10.8. The molecule has 0 N–H and O–H groups in total. The van der Waals surface area contributed by atoms with Crippen LogP contribution >= 0.6 is 0 Å². The third kappa shape index (κ3) is 1.97. The molecule has 2 nitrogen and oxygen atoms in total. The molecule has 0 radical (unpaired) electrons. The van der Waals surface area contributed by atoms with Gasteiger partial charge in [0.2, 0.25) is 0 Å². The Hall–Kier alpha value is -1.31. The Labute approximate surface area is 96.3 Å². The lowest BCUT2D eigenvalue weighted by Gasteiger charge is -2.21. The molecular weight excluding hydrogens is 196 g/mol. The molecule has 1 heterocycles. The summed E-state index contributed by atoms with van der Waals surface area (Å²) in [5, 5.41) is 5.89. The van der Waals surface area contributed by atoms with Crippen molar-refractivity contribution in [2.24, 2.45) is 5.92 Å². The van der Waals surface area contributed by atoms with Gasteiger partial charge in [-0.2, -0.15) is 5.10 Å². The normalized spacial score (nSPS) is 18.0. The molecule has 16 heavy (non-hydrogen) atoms. The molecule has 0 unspecified atom stereocenters. The van der Waals surface area contributed by atoms with Crippen molar-refractivity contribution in [2.75, 3.05) is 0 Å². The number of rotatable bonds is 2. The molecule has 0 bridgehead atoms. The van der Waals surface area contributed by atoms with Crippen LogP contribution in [0.15, 0.2) is 30.5 Å². The largest absolute Gasteiger partial charge is 0.271 e. The first kappa shape index (κ1) is 9.88. The van der Waals surface area contributed by atoms with Crippen molar-refractivity contribution in [3.05, 3.63) is 30.5 Å². The zero-order valence-corrected chi connectivity index (χ0v) is 9.60. The average Bonchev–Trinajstić information content (AvgIpc) is 2.72. The molecule has 1 saturated carbocycles. The molecule has 3 rings (SSSR count). The molecule has 0 aliphatic heterocycles. The molecule has 0 spiro atoms. The van der Waals surface area contributed by atoms with E-state index in [4.69, 9.17) is 0 Å². The summed E-state index contributed by atoms with van der Waals surface area (Å²) < 4.78 is 2.14. The lowest BCUT2D eigenvalue weighted by atomic mass is 9.89. The van der Waals surface area contributed by atoms with Crippen LogP contribution in [-0.4, -0.2) is 9.78 Å². The Morgan fingerprint density at radius 3 is 2.75 bits per heavy atom. The van der Waals surface area contributed by atoms with Gasteiger partial charge in [0.1, 0.15) is 0 Å². The third-order valence-electron chi connectivity index (χ3n) is 3.63. The van der Waals surface area contributed by atoms with Gasteiger partial charge in [0.05, 0.1) is 5.52 Å². The van der Waals surface area contributed by atoms with Crippen LogP contribution < -0.4 is 0 Å². The molecule has 0 atom stereocenters. The monoisotopic (exact) mass is 214 g/mol. The number of benzene rings is 1. The van der Waals surface area contributed by atoms with Crippen LogP contribution in [0.25, 0.3) is 10.9 Å². The molecule has 84 valence electrons. The summed E-state index contributed by atoms with van der Waals surface area (Å²) in [4.78, 5) is 0. The van der Waals surface area contributed by atoms with Gasteiger partial charge in [-0.15, -0.1) is 0 Å². The second-order valence-electron chi connectivity index (χ2n) is 4.91. The summed E-state index contributed by atoms with van der Waals surface area (Å²) in [5.41, 5.74) is 1.12. The fourth-order valence-corrected chi connectivity index (χ4v) is 2.74. The van der Waals surface area contributed by atoms with Gasteiger partial charge in [-0.05, 0) is 24.8 Å². The lowest BCUT2D eigenvalue weighted by Crippen LogP contribution is -2.14. The number of fused-ring (bicyclic) bond motifs is 1. The van der Waals surface area contributed by atoms with Crippen LogP contribution in [0, 0.1) is 5.92 Å². The lowest BCUT2D eigenvalue weighted by molar-refractivity contribution is 0.309. The summed E-state index contributed by atoms with van der Waals surface area (Å²) in [6.45, 7) is 1.11. The maximum absolute atomic E-state index is 4.62. The molecule has 2 aromatic rings. The van der Waals surface area contributed by atoms with Crippen molar-refractivity contribution in [2.45, 2.75) is 38.6 Å². The minimum atomic E-state index is 0.850. The highest BCUT2D eigenvalue weighted by Crippen LogP contribution is 2.25. The van der Waals surface area contributed by atoms with Crippen LogP contribution in [-0.2, 0) is 6.54 Å². The van der Waals surface area contributed by atoms with Crippen LogP contribution in [0.4, 0.5) is 0 Å². The summed E-state index contributed by atoms with van der Waals surface area (Å²) in [5.74, 6) is 0.850. The molecule has 0 saturated heterocycles. The summed E-state index contributed by atoms with van der Waals surface area (Å²) in [7, 11) is 0. The van der Waals surface area contributed by atoms with E-state index in [0.717, 1.165) is 18.0 Å². The minimum absolute atomic E-state index is 0.850. The van der Waals surface area contributed by atoms with Gasteiger partial charge in [0.15, 0.2) is 0 Å². The number of nitrogens with zero attached hydrogens (tertiary/aromatic N) is 2. The Bertz CT molecular complexity index is 433. The number of hydrogen-bond acceptors (Lipinski definition) is 1. The van der Waals surface area contributed by atoms with Crippen LogP contribution in [0.5, 0.6) is 0 Å². The molecule has 1 aliphatic carbocycles. The fraction of sp³-hybridized carbons (Fsp3) is 0.500. The molecular formula is C14H18N2. The van der Waals surface area contributed by atoms with Crippen molar-refractivity contribution < 1.29 is 0 Å². The van der Waals surface area contributed by atoms with Crippen LogP contribution in [0.3, 0.4) is 0 Å². The maximum atomic E-state index is 4.62. The summed E-state index contributed by atoms with van der Waals surface area (Å²) >= 11 is 0. The predicted octanol–water partition coefficient (Wildman–Crippen LogP) is 3.62. The molecule has 2 heteroatoms. The first-order chi connectivity index (χ1) is 7.92. The van der Waals surface area contributed by atoms with Gasteiger partial charge in [0.25, 0.3) is 0 Å². The van der Waals surface area contributed by atoms with Gasteiger partial charge in [-0.3, -0.25) is 4.68 Å². The minimum Gasteiger partial charge on any atom is -0.271 e.